The average molecular weight is 532 g/mol. The van der Waals surface area contributed by atoms with Gasteiger partial charge in [-0.05, 0) is 48.4 Å². The van der Waals surface area contributed by atoms with E-state index in [1.165, 1.54) is 23.8 Å². The van der Waals surface area contributed by atoms with Crippen LogP contribution in [0.25, 0.3) is 10.9 Å². The number of methoxy groups -OCH3 is 3. The van der Waals surface area contributed by atoms with E-state index >= 15 is 0 Å². The lowest BCUT2D eigenvalue weighted by atomic mass is 10.1. The van der Waals surface area contributed by atoms with Crippen molar-refractivity contribution in [3.63, 3.8) is 0 Å². The Labute approximate surface area is 223 Å². The van der Waals surface area contributed by atoms with E-state index in [4.69, 9.17) is 14.2 Å². The predicted octanol–water partition coefficient (Wildman–Crippen LogP) is 3.64. The average Bonchev–Trinajstić information content (AvgIpc) is 3.20. The van der Waals surface area contributed by atoms with Gasteiger partial charge in [0.15, 0.2) is 23.1 Å². The molecular weight excluding hydrogens is 505 g/mol. The van der Waals surface area contributed by atoms with Gasteiger partial charge in [-0.1, -0.05) is 18.2 Å². The first-order chi connectivity index (χ1) is 18.9. The van der Waals surface area contributed by atoms with Crippen LogP contribution in [0.15, 0.2) is 59.4 Å². The van der Waals surface area contributed by atoms with Gasteiger partial charge < -0.3 is 14.2 Å². The molecule has 0 saturated carbocycles. The molecule has 3 aromatic carbocycles. The number of carbonyl (C=O) groups excluding carboxylic acids is 2. The minimum Gasteiger partial charge on any atom is -0.493 e. The first-order valence-electron chi connectivity index (χ1n) is 12.3. The molecule has 2 amide bonds. The van der Waals surface area contributed by atoms with Crippen LogP contribution in [0.4, 0.5) is 4.39 Å². The van der Waals surface area contributed by atoms with Gasteiger partial charge in [-0.25, -0.2) is 9.37 Å². The van der Waals surface area contributed by atoms with E-state index in [1.807, 2.05) is 12.1 Å². The number of amides is 2. The molecule has 0 fully saturated rings. The van der Waals surface area contributed by atoms with E-state index in [9.17, 15) is 18.8 Å². The Hall–Kier alpha value is -4.73. The first-order valence-corrected chi connectivity index (χ1v) is 12.3. The molecule has 0 bridgehead atoms. The summed E-state index contributed by atoms with van der Waals surface area (Å²) < 4.78 is 31.9. The molecule has 9 nitrogen and oxygen atoms in total. The van der Waals surface area contributed by atoms with Crippen LogP contribution in [0.2, 0.25) is 0 Å². The quantitative estimate of drug-likeness (QED) is 0.304. The summed E-state index contributed by atoms with van der Waals surface area (Å²) in [4.78, 5) is 45.1. The first kappa shape index (κ1) is 25.9. The fourth-order valence-corrected chi connectivity index (χ4v) is 4.83. The van der Waals surface area contributed by atoms with E-state index in [0.717, 1.165) is 10.5 Å². The van der Waals surface area contributed by atoms with Crippen molar-refractivity contribution in [3.05, 3.63) is 93.3 Å². The van der Waals surface area contributed by atoms with Gasteiger partial charge in [0.05, 0.1) is 37.8 Å². The maximum atomic E-state index is 14.5. The van der Waals surface area contributed by atoms with Crippen molar-refractivity contribution in [2.75, 3.05) is 27.9 Å². The summed E-state index contributed by atoms with van der Waals surface area (Å²) in [5.41, 5.74) is 1.27. The number of ether oxygens (including phenoxy) is 3. The van der Waals surface area contributed by atoms with Crippen molar-refractivity contribution in [2.24, 2.45) is 0 Å². The molecule has 0 saturated heterocycles. The summed E-state index contributed by atoms with van der Waals surface area (Å²) in [6.07, 6.45) is 0.536. The maximum absolute atomic E-state index is 14.5. The van der Waals surface area contributed by atoms with Crippen LogP contribution in [-0.2, 0) is 19.4 Å². The van der Waals surface area contributed by atoms with Gasteiger partial charge in [-0.15, -0.1) is 0 Å². The summed E-state index contributed by atoms with van der Waals surface area (Å²) in [5, 5.41) is 0.199. The Morgan fingerprint density at radius 3 is 2.13 bits per heavy atom. The molecule has 1 aliphatic rings. The number of aromatic nitrogens is 2. The van der Waals surface area contributed by atoms with E-state index in [-0.39, 0.29) is 41.7 Å². The molecule has 39 heavy (non-hydrogen) atoms. The second kappa shape index (κ2) is 10.6. The predicted molar refractivity (Wildman–Crippen MR) is 141 cm³/mol. The Bertz CT molecular complexity index is 1630. The second-order valence-electron chi connectivity index (χ2n) is 8.96. The highest BCUT2D eigenvalue weighted by molar-refractivity contribution is 6.21. The van der Waals surface area contributed by atoms with Crippen molar-refractivity contribution in [1.82, 2.24) is 14.5 Å². The summed E-state index contributed by atoms with van der Waals surface area (Å²) in [6, 6.07) is 14.6. The van der Waals surface area contributed by atoms with Crippen molar-refractivity contribution >= 4 is 22.7 Å². The monoisotopic (exact) mass is 531 g/mol. The molecule has 0 atom stereocenters. The SMILES string of the molecule is COc1ccc(CCn2c(CCN3C(=O)c4ccccc4C3=O)nc3c(OC)c(F)ccc3c2=O)cc1OC. The summed E-state index contributed by atoms with van der Waals surface area (Å²) in [6.45, 7) is 0.243. The normalized spacial score (nSPS) is 12.7. The van der Waals surface area contributed by atoms with Gasteiger partial charge in [0, 0.05) is 19.5 Å². The standard InChI is InChI=1S/C29H26FN3O6/c1-37-22-11-8-17(16-23(22)38-2)12-14-32-24(31-25-20(29(32)36)9-10-21(30)26(25)39-3)13-15-33-27(34)18-6-4-5-7-19(18)28(33)35/h4-11,16H,12-15H2,1-3H3. The highest BCUT2D eigenvalue weighted by Crippen LogP contribution is 2.29. The molecule has 4 aromatic rings. The molecule has 2 heterocycles. The minimum absolute atomic E-state index is 0.00170. The van der Waals surface area contributed by atoms with E-state index in [0.29, 0.717) is 34.9 Å². The third-order valence-electron chi connectivity index (χ3n) is 6.82. The number of carbonyl (C=O) groups is 2. The fourth-order valence-electron chi connectivity index (χ4n) is 4.83. The zero-order valence-corrected chi connectivity index (χ0v) is 21.7. The smallest absolute Gasteiger partial charge is 0.261 e. The Morgan fingerprint density at radius 1 is 0.795 bits per heavy atom. The third kappa shape index (κ3) is 4.58. The van der Waals surface area contributed by atoms with Crippen LogP contribution >= 0.6 is 0 Å². The number of fused-ring (bicyclic) bond motifs is 2. The zero-order valence-electron chi connectivity index (χ0n) is 21.7. The maximum Gasteiger partial charge on any atom is 0.261 e. The minimum atomic E-state index is -0.647. The Kier molecular flexibility index (Phi) is 7.02. The van der Waals surface area contributed by atoms with E-state index < -0.39 is 17.6 Å². The molecule has 10 heteroatoms. The topological polar surface area (TPSA) is 100.0 Å². The van der Waals surface area contributed by atoms with Crippen LogP contribution in [0.3, 0.4) is 0 Å². The lowest BCUT2D eigenvalue weighted by Crippen LogP contribution is -2.34. The molecule has 5 rings (SSSR count). The highest BCUT2D eigenvalue weighted by atomic mass is 19.1. The van der Waals surface area contributed by atoms with Gasteiger partial charge in [0.1, 0.15) is 11.3 Å². The summed E-state index contributed by atoms with van der Waals surface area (Å²) >= 11 is 0. The van der Waals surface area contributed by atoms with Crippen LogP contribution in [0, 0.1) is 5.82 Å². The molecule has 0 spiro atoms. The summed E-state index contributed by atoms with van der Waals surface area (Å²) in [7, 11) is 4.40. The molecule has 0 N–H and O–H groups in total. The van der Waals surface area contributed by atoms with Gasteiger partial charge in [-0.2, -0.15) is 0 Å². The van der Waals surface area contributed by atoms with Gasteiger partial charge in [-0.3, -0.25) is 23.9 Å². The molecule has 1 aromatic heterocycles. The Morgan fingerprint density at radius 2 is 1.49 bits per heavy atom. The molecule has 0 aliphatic carbocycles. The van der Waals surface area contributed by atoms with Crippen molar-refractivity contribution in [1.29, 1.82) is 0 Å². The van der Waals surface area contributed by atoms with E-state index in [2.05, 4.69) is 4.98 Å². The third-order valence-corrected chi connectivity index (χ3v) is 6.82. The number of nitrogens with zero attached hydrogens (tertiary/aromatic N) is 3. The van der Waals surface area contributed by atoms with Crippen LogP contribution < -0.4 is 19.8 Å². The largest absolute Gasteiger partial charge is 0.493 e. The molecular formula is C29H26FN3O6. The lowest BCUT2D eigenvalue weighted by Gasteiger charge is -2.18. The number of aryl methyl sites for hydroxylation is 1. The molecule has 0 unspecified atom stereocenters. The number of hydrogen-bond acceptors (Lipinski definition) is 7. The number of rotatable bonds is 9. The van der Waals surface area contributed by atoms with Gasteiger partial charge in [0.2, 0.25) is 0 Å². The molecule has 200 valence electrons. The van der Waals surface area contributed by atoms with Crippen LogP contribution in [0.1, 0.15) is 32.1 Å². The fraction of sp³-hybridized carbons (Fsp3) is 0.241. The van der Waals surface area contributed by atoms with Crippen molar-refractivity contribution in [3.8, 4) is 17.2 Å². The van der Waals surface area contributed by atoms with Crippen LogP contribution in [0.5, 0.6) is 17.2 Å². The second-order valence-corrected chi connectivity index (χ2v) is 8.96. The van der Waals surface area contributed by atoms with Gasteiger partial charge in [0.25, 0.3) is 17.4 Å². The van der Waals surface area contributed by atoms with Crippen molar-refractivity contribution < 1.29 is 28.2 Å². The van der Waals surface area contributed by atoms with Crippen molar-refractivity contribution in [2.45, 2.75) is 19.4 Å². The molecule has 0 radical (unpaired) electrons. The number of imide groups is 1. The zero-order chi connectivity index (χ0) is 27.7. The van der Waals surface area contributed by atoms with Crippen LogP contribution in [-0.4, -0.2) is 54.1 Å². The summed E-state index contributed by atoms with van der Waals surface area (Å²) in [5.74, 6) is -0.150. The number of hydrogen-bond donors (Lipinski definition) is 0. The highest BCUT2D eigenvalue weighted by Gasteiger charge is 2.35. The number of halogens is 1. The molecule has 1 aliphatic heterocycles. The van der Waals surface area contributed by atoms with Gasteiger partial charge >= 0.3 is 0 Å². The number of benzene rings is 3. The lowest BCUT2D eigenvalue weighted by molar-refractivity contribution is 0.0655. The van der Waals surface area contributed by atoms with E-state index in [1.54, 1.807) is 44.6 Å². The Balaban J connectivity index is 1.51.